The van der Waals surface area contributed by atoms with E-state index in [1.165, 1.54) is 0 Å². The Labute approximate surface area is 115 Å². The highest BCUT2D eigenvalue weighted by molar-refractivity contribution is 9.10. The topological polar surface area (TPSA) is 50.7 Å². The van der Waals surface area contributed by atoms with Crippen molar-refractivity contribution in [2.45, 2.75) is 19.8 Å². The molecular formula is C13H15BrN4. The summed E-state index contributed by atoms with van der Waals surface area (Å²) in [5.41, 5.74) is 2.14. The van der Waals surface area contributed by atoms with Crippen LogP contribution in [-0.4, -0.2) is 22.0 Å². The molecule has 0 amide bonds. The van der Waals surface area contributed by atoms with Gasteiger partial charge in [0.15, 0.2) is 0 Å². The molecular weight excluding hydrogens is 292 g/mol. The molecule has 0 bridgehead atoms. The molecule has 0 saturated heterocycles. The number of hydrogen-bond donors (Lipinski definition) is 1. The molecule has 1 N–H and O–H groups in total. The van der Waals surface area contributed by atoms with Crippen molar-refractivity contribution in [3.8, 4) is 0 Å². The second-order valence-electron chi connectivity index (χ2n) is 3.89. The van der Waals surface area contributed by atoms with Crippen LogP contribution in [0.25, 0.3) is 0 Å². The number of aryl methyl sites for hydroxylation is 1. The second-order valence-corrected chi connectivity index (χ2v) is 4.68. The quantitative estimate of drug-likeness (QED) is 0.943. The first-order valence-corrected chi connectivity index (χ1v) is 6.65. The van der Waals surface area contributed by atoms with Crippen molar-refractivity contribution in [3.05, 3.63) is 46.1 Å². The Morgan fingerprint density at radius 1 is 1.33 bits per heavy atom. The maximum Gasteiger partial charge on any atom is 0.144 e. The van der Waals surface area contributed by atoms with Crippen LogP contribution < -0.4 is 5.32 Å². The summed E-state index contributed by atoms with van der Waals surface area (Å²) in [6, 6.07) is 3.96. The molecule has 2 aromatic rings. The first-order valence-electron chi connectivity index (χ1n) is 5.86. The molecule has 0 spiro atoms. The summed E-state index contributed by atoms with van der Waals surface area (Å²) in [7, 11) is 1.86. The SMILES string of the molecule is CCc1nc(Cc2cccnc2)nc(NC)c1Br. The Morgan fingerprint density at radius 3 is 2.78 bits per heavy atom. The first-order chi connectivity index (χ1) is 8.74. The van der Waals surface area contributed by atoms with Crippen LogP contribution in [0.5, 0.6) is 0 Å². The smallest absolute Gasteiger partial charge is 0.144 e. The Bertz CT molecular complexity index is 503. The summed E-state index contributed by atoms with van der Waals surface area (Å²) in [6.45, 7) is 2.08. The summed E-state index contributed by atoms with van der Waals surface area (Å²) in [4.78, 5) is 13.2. The highest BCUT2D eigenvalue weighted by Crippen LogP contribution is 2.24. The zero-order valence-corrected chi connectivity index (χ0v) is 12.0. The average Bonchev–Trinajstić information content (AvgIpc) is 2.41. The lowest BCUT2D eigenvalue weighted by Gasteiger charge is -2.09. The van der Waals surface area contributed by atoms with Gasteiger partial charge in [0.25, 0.3) is 0 Å². The number of hydrogen-bond acceptors (Lipinski definition) is 4. The lowest BCUT2D eigenvalue weighted by molar-refractivity contribution is 0.896. The molecule has 2 rings (SSSR count). The third-order valence-corrected chi connectivity index (χ3v) is 3.46. The molecule has 0 saturated carbocycles. The summed E-state index contributed by atoms with van der Waals surface area (Å²) in [5.74, 6) is 1.65. The molecule has 0 aliphatic carbocycles. The van der Waals surface area contributed by atoms with E-state index >= 15 is 0 Å². The Balaban J connectivity index is 2.34. The summed E-state index contributed by atoms with van der Waals surface area (Å²) in [5, 5.41) is 3.08. The molecule has 5 heteroatoms. The van der Waals surface area contributed by atoms with Gasteiger partial charge in [-0.05, 0) is 34.0 Å². The third-order valence-electron chi connectivity index (χ3n) is 2.62. The van der Waals surface area contributed by atoms with Gasteiger partial charge in [0.05, 0.1) is 10.2 Å². The van der Waals surface area contributed by atoms with Gasteiger partial charge in [-0.3, -0.25) is 4.98 Å². The van der Waals surface area contributed by atoms with E-state index in [-0.39, 0.29) is 0 Å². The Hall–Kier alpha value is -1.49. The van der Waals surface area contributed by atoms with Crippen molar-refractivity contribution in [1.82, 2.24) is 15.0 Å². The predicted octanol–water partition coefficient (Wildman–Crippen LogP) is 2.83. The van der Waals surface area contributed by atoms with Crippen LogP contribution in [0.4, 0.5) is 5.82 Å². The number of pyridine rings is 1. The van der Waals surface area contributed by atoms with E-state index in [1.54, 1.807) is 6.20 Å². The van der Waals surface area contributed by atoms with Crippen LogP contribution in [0.2, 0.25) is 0 Å². The summed E-state index contributed by atoms with van der Waals surface area (Å²) in [6.07, 6.45) is 5.18. The van der Waals surface area contributed by atoms with Crippen LogP contribution in [0, 0.1) is 0 Å². The van der Waals surface area contributed by atoms with Crippen molar-refractivity contribution in [2.24, 2.45) is 0 Å². The van der Waals surface area contributed by atoms with Gasteiger partial charge in [0.2, 0.25) is 0 Å². The molecule has 0 unspecified atom stereocenters. The van der Waals surface area contributed by atoms with Crippen LogP contribution >= 0.6 is 15.9 Å². The molecule has 4 nitrogen and oxygen atoms in total. The fourth-order valence-electron chi connectivity index (χ4n) is 1.71. The highest BCUT2D eigenvalue weighted by atomic mass is 79.9. The zero-order chi connectivity index (χ0) is 13.0. The van der Waals surface area contributed by atoms with E-state index in [1.807, 2.05) is 25.4 Å². The minimum Gasteiger partial charge on any atom is -0.372 e. The van der Waals surface area contributed by atoms with Crippen LogP contribution in [-0.2, 0) is 12.8 Å². The number of halogens is 1. The van der Waals surface area contributed by atoms with Gasteiger partial charge in [-0.1, -0.05) is 13.0 Å². The van der Waals surface area contributed by atoms with Crippen LogP contribution in [0.3, 0.4) is 0 Å². The van der Waals surface area contributed by atoms with Crippen LogP contribution in [0.1, 0.15) is 24.0 Å². The molecule has 0 fully saturated rings. The van der Waals surface area contributed by atoms with Crippen molar-refractivity contribution < 1.29 is 0 Å². The molecule has 2 aromatic heterocycles. The number of anilines is 1. The fraction of sp³-hybridized carbons (Fsp3) is 0.308. The molecule has 0 radical (unpaired) electrons. The van der Waals surface area contributed by atoms with Gasteiger partial charge in [0.1, 0.15) is 11.6 Å². The zero-order valence-electron chi connectivity index (χ0n) is 10.4. The van der Waals surface area contributed by atoms with E-state index in [9.17, 15) is 0 Å². The van der Waals surface area contributed by atoms with E-state index in [4.69, 9.17) is 0 Å². The number of aromatic nitrogens is 3. The second kappa shape index (κ2) is 5.91. The summed E-state index contributed by atoms with van der Waals surface area (Å²) >= 11 is 3.52. The predicted molar refractivity (Wildman–Crippen MR) is 75.7 cm³/mol. The normalized spacial score (nSPS) is 10.4. The van der Waals surface area contributed by atoms with E-state index < -0.39 is 0 Å². The minimum atomic E-state index is 0.697. The molecule has 2 heterocycles. The lowest BCUT2D eigenvalue weighted by Crippen LogP contribution is -2.06. The van der Waals surface area contributed by atoms with E-state index in [0.717, 1.165) is 33.8 Å². The summed E-state index contributed by atoms with van der Waals surface area (Å²) < 4.78 is 0.947. The third kappa shape index (κ3) is 2.85. The van der Waals surface area contributed by atoms with Crippen molar-refractivity contribution in [1.29, 1.82) is 0 Å². The van der Waals surface area contributed by atoms with Crippen molar-refractivity contribution in [3.63, 3.8) is 0 Å². The Morgan fingerprint density at radius 2 is 2.17 bits per heavy atom. The maximum absolute atomic E-state index is 4.57. The number of nitrogens with zero attached hydrogens (tertiary/aromatic N) is 3. The Kier molecular flexibility index (Phi) is 4.25. The average molecular weight is 307 g/mol. The molecule has 18 heavy (non-hydrogen) atoms. The van der Waals surface area contributed by atoms with Crippen molar-refractivity contribution in [2.75, 3.05) is 12.4 Å². The van der Waals surface area contributed by atoms with Gasteiger partial charge in [-0.2, -0.15) is 0 Å². The highest BCUT2D eigenvalue weighted by Gasteiger charge is 2.10. The van der Waals surface area contributed by atoms with Crippen LogP contribution in [0.15, 0.2) is 29.0 Å². The van der Waals surface area contributed by atoms with Gasteiger partial charge in [0, 0.05) is 25.9 Å². The standard InChI is InChI=1S/C13H15BrN4/c1-3-10-12(14)13(15-2)18-11(17-10)7-9-5-4-6-16-8-9/h4-6,8H,3,7H2,1-2H3,(H,15,17,18). The van der Waals surface area contributed by atoms with E-state index in [2.05, 4.69) is 43.1 Å². The number of rotatable bonds is 4. The maximum atomic E-state index is 4.57. The van der Waals surface area contributed by atoms with E-state index in [0.29, 0.717) is 6.42 Å². The van der Waals surface area contributed by atoms with Gasteiger partial charge < -0.3 is 5.32 Å². The minimum absolute atomic E-state index is 0.697. The molecule has 0 aliphatic heterocycles. The molecule has 0 aromatic carbocycles. The van der Waals surface area contributed by atoms with Gasteiger partial charge in [-0.25, -0.2) is 9.97 Å². The molecule has 0 atom stereocenters. The lowest BCUT2D eigenvalue weighted by atomic mass is 10.2. The first kappa shape index (κ1) is 13.0. The monoisotopic (exact) mass is 306 g/mol. The van der Waals surface area contributed by atoms with Gasteiger partial charge in [-0.15, -0.1) is 0 Å². The van der Waals surface area contributed by atoms with Gasteiger partial charge >= 0.3 is 0 Å². The molecule has 0 aliphatic rings. The fourth-order valence-corrected chi connectivity index (χ4v) is 2.36. The van der Waals surface area contributed by atoms with Crippen molar-refractivity contribution >= 4 is 21.7 Å². The number of nitrogens with one attached hydrogen (secondary N) is 1. The largest absolute Gasteiger partial charge is 0.372 e. The molecule has 94 valence electrons.